The van der Waals surface area contributed by atoms with Gasteiger partial charge in [-0.15, -0.1) is 0 Å². The first kappa shape index (κ1) is 16.3. The minimum Gasteiger partial charge on any atom is -0.477 e. The van der Waals surface area contributed by atoms with Crippen LogP contribution in [0, 0.1) is 11.3 Å². The van der Waals surface area contributed by atoms with Crippen molar-refractivity contribution in [1.82, 2.24) is 4.57 Å². The average molecular weight is 324 g/mol. The van der Waals surface area contributed by atoms with Gasteiger partial charge in [-0.05, 0) is 56.4 Å². The van der Waals surface area contributed by atoms with Gasteiger partial charge in [0.25, 0.3) is 0 Å². The minimum absolute atomic E-state index is 0.0565. The van der Waals surface area contributed by atoms with Crippen molar-refractivity contribution in [1.29, 1.82) is 5.26 Å². The molecule has 124 valence electrons. The Labute approximate surface area is 140 Å². The quantitative estimate of drug-likeness (QED) is 0.866. The third kappa shape index (κ3) is 2.81. The number of nitriles is 1. The summed E-state index contributed by atoms with van der Waals surface area (Å²) in [6, 6.07) is 9.45. The van der Waals surface area contributed by atoms with E-state index in [0.29, 0.717) is 11.4 Å². The normalized spacial score (nSPS) is 19.8. The van der Waals surface area contributed by atoms with Crippen molar-refractivity contribution in [3.05, 3.63) is 42.1 Å². The molecule has 1 aliphatic rings. The fraction of sp³-hybridized carbons (Fsp3) is 0.368. The van der Waals surface area contributed by atoms with Crippen molar-refractivity contribution in [3.8, 4) is 6.07 Å². The average Bonchev–Trinajstić information content (AvgIpc) is 2.92. The largest absolute Gasteiger partial charge is 0.477 e. The Balaban J connectivity index is 2.08. The molecule has 1 N–H and O–H groups in total. The van der Waals surface area contributed by atoms with Crippen LogP contribution in [0.3, 0.4) is 0 Å². The van der Waals surface area contributed by atoms with Gasteiger partial charge >= 0.3 is 5.97 Å². The molecule has 0 unspecified atom stereocenters. The van der Waals surface area contributed by atoms with E-state index in [-0.39, 0.29) is 17.0 Å². The number of benzene rings is 1. The summed E-state index contributed by atoms with van der Waals surface area (Å²) in [5.41, 5.74) is 1.87. The fourth-order valence-corrected chi connectivity index (χ4v) is 3.50. The summed E-state index contributed by atoms with van der Waals surface area (Å²) in [4.78, 5) is 11.5. The number of hydrogen-bond acceptors (Lipinski definition) is 3. The van der Waals surface area contributed by atoms with Gasteiger partial charge in [0.1, 0.15) is 17.5 Å². The molecule has 5 nitrogen and oxygen atoms in total. The van der Waals surface area contributed by atoms with Gasteiger partial charge in [-0.2, -0.15) is 5.26 Å². The van der Waals surface area contributed by atoms with Gasteiger partial charge in [-0.1, -0.05) is 12.6 Å². The number of carboxylic acid groups (broad SMARTS) is 1. The van der Waals surface area contributed by atoms with E-state index in [1.165, 1.54) is 10.1 Å². The van der Waals surface area contributed by atoms with Crippen LogP contribution in [-0.2, 0) is 4.74 Å². The summed E-state index contributed by atoms with van der Waals surface area (Å²) < 4.78 is 7.17. The summed E-state index contributed by atoms with van der Waals surface area (Å²) in [5.74, 6) is -0.690. The van der Waals surface area contributed by atoms with Crippen molar-refractivity contribution in [2.45, 2.75) is 38.2 Å². The number of hydrogen-bond donors (Lipinski definition) is 1. The predicted octanol–water partition coefficient (Wildman–Crippen LogP) is 4.01. The van der Waals surface area contributed by atoms with Crippen LogP contribution in [0.1, 0.15) is 48.7 Å². The van der Waals surface area contributed by atoms with Gasteiger partial charge in [-0.25, -0.2) is 4.79 Å². The molecule has 0 saturated carbocycles. The zero-order valence-electron chi connectivity index (χ0n) is 13.9. The molecule has 0 radical (unpaired) electrons. The Morgan fingerprint density at radius 2 is 2.21 bits per heavy atom. The van der Waals surface area contributed by atoms with Gasteiger partial charge in [0.15, 0.2) is 0 Å². The Kier molecular flexibility index (Phi) is 3.94. The molecule has 0 spiro atoms. The van der Waals surface area contributed by atoms with Gasteiger partial charge in [0, 0.05) is 12.0 Å². The van der Waals surface area contributed by atoms with Crippen LogP contribution in [0.2, 0.25) is 0 Å². The Morgan fingerprint density at radius 1 is 1.46 bits per heavy atom. The first-order chi connectivity index (χ1) is 11.3. The van der Waals surface area contributed by atoms with E-state index in [4.69, 9.17) is 10.00 Å². The molecule has 2 aromatic rings. The second-order valence-corrected chi connectivity index (χ2v) is 6.84. The van der Waals surface area contributed by atoms with Crippen molar-refractivity contribution in [2.75, 3.05) is 6.61 Å². The lowest BCUT2D eigenvalue weighted by atomic mass is 9.83. The highest BCUT2D eigenvalue weighted by Gasteiger charge is 2.30. The second kappa shape index (κ2) is 5.81. The molecule has 2 heterocycles. The lowest BCUT2D eigenvalue weighted by molar-refractivity contribution is -0.0592. The summed E-state index contributed by atoms with van der Waals surface area (Å²) in [5, 5.41) is 19.3. The molecular formula is C19H20N2O3. The van der Waals surface area contributed by atoms with Gasteiger partial charge in [0.05, 0.1) is 11.1 Å². The number of nitrogens with zero attached hydrogens (tertiary/aromatic N) is 2. The molecule has 0 bridgehead atoms. The molecule has 1 aromatic carbocycles. The summed E-state index contributed by atoms with van der Waals surface area (Å²) in [6.07, 6.45) is 1.88. The van der Waals surface area contributed by atoms with Crippen molar-refractivity contribution in [3.63, 3.8) is 0 Å². The Morgan fingerprint density at radius 3 is 2.83 bits per heavy atom. The molecule has 0 aliphatic carbocycles. The lowest BCUT2D eigenvalue weighted by Crippen LogP contribution is -2.32. The zero-order valence-corrected chi connectivity index (χ0v) is 13.9. The smallest absolute Gasteiger partial charge is 0.352 e. The van der Waals surface area contributed by atoms with E-state index in [0.717, 1.165) is 24.8 Å². The SMILES string of the molecule is C=C(C#N)n1c(C(=O)O)cc2cc([C@H]3CCOC(C)(C)C3)ccc21. The van der Waals surface area contributed by atoms with Crippen molar-refractivity contribution in [2.24, 2.45) is 0 Å². The molecule has 24 heavy (non-hydrogen) atoms. The van der Waals surface area contributed by atoms with Crippen molar-refractivity contribution < 1.29 is 14.6 Å². The first-order valence-corrected chi connectivity index (χ1v) is 7.94. The third-order valence-corrected chi connectivity index (χ3v) is 4.61. The Bertz CT molecular complexity index is 871. The van der Waals surface area contributed by atoms with Crippen LogP contribution < -0.4 is 0 Å². The molecule has 3 rings (SSSR count). The van der Waals surface area contributed by atoms with Gasteiger partial charge in [0.2, 0.25) is 0 Å². The zero-order chi connectivity index (χ0) is 17.5. The maximum atomic E-state index is 11.5. The monoisotopic (exact) mass is 324 g/mol. The number of rotatable bonds is 3. The number of aromatic carboxylic acids is 1. The third-order valence-electron chi connectivity index (χ3n) is 4.61. The summed E-state index contributed by atoms with van der Waals surface area (Å²) >= 11 is 0. The predicted molar refractivity (Wildman–Crippen MR) is 91.8 cm³/mol. The van der Waals surface area contributed by atoms with E-state index in [9.17, 15) is 9.90 Å². The van der Waals surface area contributed by atoms with Gasteiger partial charge in [-0.3, -0.25) is 4.57 Å². The lowest BCUT2D eigenvalue weighted by Gasteiger charge is -2.35. The van der Waals surface area contributed by atoms with Crippen LogP contribution in [0.4, 0.5) is 0 Å². The highest BCUT2D eigenvalue weighted by atomic mass is 16.5. The standard InChI is InChI=1S/C19H20N2O3/c1-12(11-20)21-16-5-4-13(8-15(16)9-17(21)18(22)23)14-6-7-24-19(2,3)10-14/h4-5,8-9,14H,1,6-7,10H2,2-3H3,(H,22,23)/t14-/m0/s1. The van der Waals surface area contributed by atoms with E-state index >= 15 is 0 Å². The number of carbonyl (C=O) groups is 1. The van der Waals surface area contributed by atoms with Crippen LogP contribution in [0.15, 0.2) is 30.8 Å². The highest BCUT2D eigenvalue weighted by molar-refractivity contribution is 5.98. The molecule has 1 aromatic heterocycles. The fourth-order valence-electron chi connectivity index (χ4n) is 3.50. The molecule has 1 aliphatic heterocycles. The maximum absolute atomic E-state index is 11.5. The number of allylic oxidation sites excluding steroid dienone is 1. The number of ether oxygens (including phenoxy) is 1. The number of aromatic nitrogens is 1. The topological polar surface area (TPSA) is 75.2 Å². The van der Waals surface area contributed by atoms with Crippen LogP contribution in [0.25, 0.3) is 16.6 Å². The molecule has 1 atom stereocenters. The van der Waals surface area contributed by atoms with E-state index in [1.54, 1.807) is 6.07 Å². The first-order valence-electron chi connectivity index (χ1n) is 7.94. The number of fused-ring (bicyclic) bond motifs is 1. The van der Waals surface area contributed by atoms with Crippen LogP contribution >= 0.6 is 0 Å². The molecule has 1 saturated heterocycles. The molecule has 1 fully saturated rings. The summed E-state index contributed by atoms with van der Waals surface area (Å²) in [7, 11) is 0. The summed E-state index contributed by atoms with van der Waals surface area (Å²) in [6.45, 7) is 8.57. The van der Waals surface area contributed by atoms with Crippen molar-refractivity contribution >= 4 is 22.6 Å². The Hall–Kier alpha value is -2.58. The molecule has 0 amide bonds. The highest BCUT2D eigenvalue weighted by Crippen LogP contribution is 2.37. The van der Waals surface area contributed by atoms with Crippen LogP contribution in [0.5, 0.6) is 0 Å². The van der Waals surface area contributed by atoms with E-state index in [1.807, 2.05) is 24.3 Å². The molecular weight excluding hydrogens is 304 g/mol. The number of carboxylic acids is 1. The van der Waals surface area contributed by atoms with E-state index in [2.05, 4.69) is 20.4 Å². The van der Waals surface area contributed by atoms with Crippen LogP contribution in [-0.4, -0.2) is 27.9 Å². The minimum atomic E-state index is -1.07. The maximum Gasteiger partial charge on any atom is 0.352 e. The second-order valence-electron chi connectivity index (χ2n) is 6.84. The van der Waals surface area contributed by atoms with E-state index < -0.39 is 5.97 Å². The van der Waals surface area contributed by atoms with Gasteiger partial charge < -0.3 is 9.84 Å². The molecule has 5 heteroatoms.